The predicted molar refractivity (Wildman–Crippen MR) is 66.8 cm³/mol. The van der Waals surface area contributed by atoms with E-state index in [1.165, 1.54) is 0 Å². The monoisotopic (exact) mass is 297 g/mol. The summed E-state index contributed by atoms with van der Waals surface area (Å²) in [4.78, 5) is 0.466. The summed E-state index contributed by atoms with van der Waals surface area (Å²) in [5.74, 6) is 0. The van der Waals surface area contributed by atoms with Gasteiger partial charge in [-0.15, -0.1) is 0 Å². The first-order chi connectivity index (χ1) is 7.02. The second kappa shape index (κ2) is 6.21. The third-order valence-electron chi connectivity index (χ3n) is 2.82. The zero-order valence-corrected chi connectivity index (χ0v) is 11.6. The third kappa shape index (κ3) is 4.83. The van der Waals surface area contributed by atoms with Crippen molar-refractivity contribution in [2.45, 2.75) is 55.5 Å². The fourth-order valence-electron chi connectivity index (χ4n) is 1.91. The number of hydrogen-bond acceptors (Lipinski definition) is 2. The van der Waals surface area contributed by atoms with Crippen LogP contribution in [0, 0.1) is 0 Å². The lowest BCUT2D eigenvalue weighted by Gasteiger charge is -2.12. The summed E-state index contributed by atoms with van der Waals surface area (Å²) in [6, 6.07) is 0. The van der Waals surface area contributed by atoms with Gasteiger partial charge in [-0.1, -0.05) is 35.7 Å². The van der Waals surface area contributed by atoms with Crippen molar-refractivity contribution < 1.29 is 8.42 Å². The SMILES string of the molecule is CC(Br)CCCNS(=O)(=O)C1CCCC1. The molecule has 1 aliphatic carbocycles. The summed E-state index contributed by atoms with van der Waals surface area (Å²) in [7, 11) is -3.02. The largest absolute Gasteiger partial charge is 0.215 e. The minimum atomic E-state index is -3.02. The molecule has 1 rings (SSSR count). The van der Waals surface area contributed by atoms with Gasteiger partial charge in [-0.05, 0) is 25.7 Å². The number of nitrogens with one attached hydrogen (secondary N) is 1. The van der Waals surface area contributed by atoms with Crippen molar-refractivity contribution in [1.29, 1.82) is 0 Å². The summed E-state index contributed by atoms with van der Waals surface area (Å²) in [5, 5.41) is -0.126. The highest BCUT2D eigenvalue weighted by molar-refractivity contribution is 9.09. The maximum atomic E-state index is 11.8. The van der Waals surface area contributed by atoms with Gasteiger partial charge in [-0.3, -0.25) is 0 Å². The first kappa shape index (κ1) is 13.5. The Kier molecular flexibility index (Phi) is 5.57. The Bertz CT molecular complexity index is 271. The minimum absolute atomic E-state index is 0.126. The van der Waals surface area contributed by atoms with E-state index in [1.54, 1.807) is 0 Å². The third-order valence-corrected chi connectivity index (χ3v) is 5.24. The van der Waals surface area contributed by atoms with E-state index in [1.807, 2.05) is 0 Å². The molecule has 0 saturated heterocycles. The van der Waals surface area contributed by atoms with Crippen LogP contribution < -0.4 is 4.72 Å². The normalized spacial score (nSPS) is 20.7. The van der Waals surface area contributed by atoms with E-state index < -0.39 is 10.0 Å². The van der Waals surface area contributed by atoms with Crippen LogP contribution in [-0.2, 0) is 10.0 Å². The molecule has 0 heterocycles. The molecule has 0 amide bonds. The molecule has 0 aromatic rings. The van der Waals surface area contributed by atoms with Crippen molar-refractivity contribution in [1.82, 2.24) is 4.72 Å². The Morgan fingerprint density at radius 1 is 1.40 bits per heavy atom. The summed E-state index contributed by atoms with van der Waals surface area (Å²) in [5.41, 5.74) is 0. The molecule has 1 saturated carbocycles. The molecule has 1 unspecified atom stereocenters. The van der Waals surface area contributed by atoms with Gasteiger partial charge in [-0.2, -0.15) is 0 Å². The van der Waals surface area contributed by atoms with Crippen LogP contribution in [0.5, 0.6) is 0 Å². The standard InChI is InChI=1S/C10H20BrNO2S/c1-9(11)5-4-8-12-15(13,14)10-6-2-3-7-10/h9-10,12H,2-8H2,1H3. The molecule has 90 valence electrons. The lowest BCUT2D eigenvalue weighted by molar-refractivity contribution is 0.560. The van der Waals surface area contributed by atoms with E-state index in [0.29, 0.717) is 11.4 Å². The predicted octanol–water partition coefficient (Wildman–Crippen LogP) is 2.41. The Hall–Kier alpha value is 0.390. The fourth-order valence-corrected chi connectivity index (χ4v) is 3.86. The van der Waals surface area contributed by atoms with Crippen LogP contribution in [0.15, 0.2) is 0 Å². The first-order valence-corrected chi connectivity index (χ1v) is 8.11. The highest BCUT2D eigenvalue weighted by Gasteiger charge is 2.27. The molecule has 0 bridgehead atoms. The molecule has 1 aliphatic rings. The first-order valence-electron chi connectivity index (χ1n) is 5.65. The number of sulfonamides is 1. The van der Waals surface area contributed by atoms with Crippen LogP contribution in [0.2, 0.25) is 0 Å². The van der Waals surface area contributed by atoms with Crippen molar-refractivity contribution in [3.8, 4) is 0 Å². The topological polar surface area (TPSA) is 46.2 Å². The molecule has 5 heteroatoms. The second-order valence-electron chi connectivity index (χ2n) is 4.27. The fraction of sp³-hybridized carbons (Fsp3) is 1.00. The number of rotatable bonds is 6. The van der Waals surface area contributed by atoms with Gasteiger partial charge in [0.2, 0.25) is 10.0 Å². The van der Waals surface area contributed by atoms with Gasteiger partial charge in [0, 0.05) is 11.4 Å². The van der Waals surface area contributed by atoms with Gasteiger partial charge in [-0.25, -0.2) is 13.1 Å². The smallest absolute Gasteiger partial charge is 0.214 e. The summed E-state index contributed by atoms with van der Waals surface area (Å²) in [6.45, 7) is 2.65. The minimum Gasteiger partial charge on any atom is -0.215 e. The summed E-state index contributed by atoms with van der Waals surface area (Å²) < 4.78 is 26.2. The molecule has 0 aliphatic heterocycles. The molecule has 0 radical (unpaired) electrons. The Morgan fingerprint density at radius 3 is 2.53 bits per heavy atom. The van der Waals surface area contributed by atoms with Crippen molar-refractivity contribution in [3.63, 3.8) is 0 Å². The van der Waals surface area contributed by atoms with Gasteiger partial charge in [0.05, 0.1) is 5.25 Å². The zero-order valence-electron chi connectivity index (χ0n) is 9.21. The van der Waals surface area contributed by atoms with Crippen LogP contribution in [-0.4, -0.2) is 25.0 Å². The quantitative estimate of drug-likeness (QED) is 0.604. The number of hydrogen-bond donors (Lipinski definition) is 1. The van der Waals surface area contributed by atoms with Crippen LogP contribution in [0.1, 0.15) is 45.4 Å². The van der Waals surface area contributed by atoms with Crippen LogP contribution >= 0.6 is 15.9 Å². The molecule has 0 aromatic heterocycles. The van der Waals surface area contributed by atoms with Gasteiger partial charge < -0.3 is 0 Å². The highest BCUT2D eigenvalue weighted by atomic mass is 79.9. The average molecular weight is 298 g/mol. The van der Waals surface area contributed by atoms with Crippen molar-refractivity contribution in [2.75, 3.05) is 6.54 Å². The lowest BCUT2D eigenvalue weighted by Crippen LogP contribution is -2.33. The van der Waals surface area contributed by atoms with Crippen molar-refractivity contribution in [3.05, 3.63) is 0 Å². The zero-order chi connectivity index (χ0) is 11.3. The van der Waals surface area contributed by atoms with Gasteiger partial charge >= 0.3 is 0 Å². The molecule has 0 spiro atoms. The Balaban J connectivity index is 2.24. The summed E-state index contributed by atoms with van der Waals surface area (Å²) in [6.07, 6.45) is 5.70. The van der Waals surface area contributed by atoms with Crippen molar-refractivity contribution in [2.24, 2.45) is 0 Å². The Morgan fingerprint density at radius 2 is 2.00 bits per heavy atom. The molecule has 1 fully saturated rings. The van der Waals surface area contributed by atoms with Crippen LogP contribution in [0.3, 0.4) is 0 Å². The number of halogens is 1. The van der Waals surface area contributed by atoms with E-state index >= 15 is 0 Å². The van der Waals surface area contributed by atoms with E-state index in [4.69, 9.17) is 0 Å². The average Bonchev–Trinajstić information content (AvgIpc) is 2.65. The lowest BCUT2D eigenvalue weighted by atomic mass is 10.2. The molecule has 0 aromatic carbocycles. The van der Waals surface area contributed by atoms with Crippen LogP contribution in [0.25, 0.3) is 0 Å². The number of alkyl halides is 1. The molecule has 15 heavy (non-hydrogen) atoms. The maximum absolute atomic E-state index is 11.8. The van der Waals surface area contributed by atoms with E-state index in [-0.39, 0.29) is 5.25 Å². The van der Waals surface area contributed by atoms with E-state index in [2.05, 4.69) is 27.6 Å². The highest BCUT2D eigenvalue weighted by Crippen LogP contribution is 2.23. The molecule has 3 nitrogen and oxygen atoms in total. The van der Waals surface area contributed by atoms with Gasteiger partial charge in [0.15, 0.2) is 0 Å². The molecule has 1 atom stereocenters. The molecule has 1 N–H and O–H groups in total. The van der Waals surface area contributed by atoms with Gasteiger partial charge in [0.1, 0.15) is 0 Å². The summed E-state index contributed by atoms with van der Waals surface area (Å²) >= 11 is 3.44. The van der Waals surface area contributed by atoms with Crippen molar-refractivity contribution >= 4 is 26.0 Å². The second-order valence-corrected chi connectivity index (χ2v) is 7.88. The molecular weight excluding hydrogens is 278 g/mol. The van der Waals surface area contributed by atoms with E-state index in [0.717, 1.165) is 38.5 Å². The van der Waals surface area contributed by atoms with Gasteiger partial charge in [0.25, 0.3) is 0 Å². The maximum Gasteiger partial charge on any atom is 0.214 e. The van der Waals surface area contributed by atoms with Crippen LogP contribution in [0.4, 0.5) is 0 Å². The Labute approximate surface area is 101 Å². The molecular formula is C10H20BrNO2S. The van der Waals surface area contributed by atoms with E-state index in [9.17, 15) is 8.42 Å².